The molecule has 0 fully saturated rings. The molecule has 0 bridgehead atoms. The Labute approximate surface area is 156 Å². The molecule has 1 N–H and O–H groups in total. The number of carbonyl (C=O) groups is 1. The number of nitrogens with zero attached hydrogens (tertiary/aromatic N) is 2. The lowest BCUT2D eigenvalue weighted by molar-refractivity contribution is -0.122. The van der Waals surface area contributed by atoms with Crippen LogP contribution in [-0.4, -0.2) is 45.1 Å². The van der Waals surface area contributed by atoms with Gasteiger partial charge in [-0.25, -0.2) is 0 Å². The molecule has 0 saturated heterocycles. The summed E-state index contributed by atoms with van der Waals surface area (Å²) >= 11 is 0. The number of likely N-dealkylation sites (N-methyl/N-ethyl adjacent to an activating group) is 1. The average Bonchev–Trinajstić information content (AvgIpc) is 2.62. The highest BCUT2D eigenvalue weighted by Crippen LogP contribution is 2.13. The van der Waals surface area contributed by atoms with Crippen LogP contribution in [0.5, 0.6) is 5.75 Å². The highest BCUT2D eigenvalue weighted by Gasteiger charge is 2.07. The summed E-state index contributed by atoms with van der Waals surface area (Å²) in [5, 5.41) is 2.98. The van der Waals surface area contributed by atoms with Crippen LogP contribution in [0.1, 0.15) is 18.1 Å². The van der Waals surface area contributed by atoms with Gasteiger partial charge in [-0.1, -0.05) is 24.3 Å². The first kappa shape index (κ1) is 19.8. The quantitative estimate of drug-likeness (QED) is 0.751. The number of anilines is 1. The van der Waals surface area contributed by atoms with E-state index in [9.17, 15) is 4.79 Å². The smallest absolute Gasteiger partial charge is 0.234 e. The molecule has 0 unspecified atom stereocenters. The summed E-state index contributed by atoms with van der Waals surface area (Å²) in [5.74, 6) is 0.895. The summed E-state index contributed by atoms with van der Waals surface area (Å²) in [6.45, 7) is 4.26. The van der Waals surface area contributed by atoms with Gasteiger partial charge in [0.15, 0.2) is 0 Å². The highest BCUT2D eigenvalue weighted by atomic mass is 16.5. The van der Waals surface area contributed by atoms with E-state index < -0.39 is 0 Å². The maximum Gasteiger partial charge on any atom is 0.234 e. The van der Waals surface area contributed by atoms with Crippen LogP contribution in [0.2, 0.25) is 0 Å². The summed E-state index contributed by atoms with van der Waals surface area (Å²) in [4.78, 5) is 16.2. The monoisotopic (exact) mass is 355 g/mol. The fraction of sp³-hybridized carbons (Fsp3) is 0.381. The molecule has 26 heavy (non-hydrogen) atoms. The van der Waals surface area contributed by atoms with Crippen molar-refractivity contribution in [1.82, 2.24) is 10.2 Å². The molecule has 0 spiro atoms. The van der Waals surface area contributed by atoms with Crippen LogP contribution < -0.4 is 15.0 Å². The van der Waals surface area contributed by atoms with Crippen molar-refractivity contribution in [2.75, 3.05) is 39.2 Å². The van der Waals surface area contributed by atoms with E-state index in [-0.39, 0.29) is 5.91 Å². The molecular formula is C21H29N3O2. The Kier molecular flexibility index (Phi) is 7.48. The molecule has 5 nitrogen and oxygen atoms in total. The summed E-state index contributed by atoms with van der Waals surface area (Å²) in [6, 6.07) is 16.2. The van der Waals surface area contributed by atoms with Gasteiger partial charge in [-0.3, -0.25) is 9.69 Å². The van der Waals surface area contributed by atoms with Gasteiger partial charge < -0.3 is 15.0 Å². The third-order valence-electron chi connectivity index (χ3n) is 4.04. The number of benzene rings is 2. The topological polar surface area (TPSA) is 44.8 Å². The average molecular weight is 355 g/mol. The Morgan fingerprint density at radius 2 is 1.58 bits per heavy atom. The Morgan fingerprint density at radius 3 is 2.15 bits per heavy atom. The predicted octanol–water partition coefficient (Wildman–Crippen LogP) is 2.90. The van der Waals surface area contributed by atoms with Crippen molar-refractivity contribution in [1.29, 1.82) is 0 Å². The lowest BCUT2D eigenvalue weighted by Crippen LogP contribution is -2.34. The molecular weight excluding hydrogens is 326 g/mol. The van der Waals surface area contributed by atoms with Gasteiger partial charge in [-0.05, 0) is 49.4 Å². The van der Waals surface area contributed by atoms with Crippen LogP contribution in [0.25, 0.3) is 0 Å². The molecule has 0 heterocycles. The predicted molar refractivity (Wildman–Crippen MR) is 107 cm³/mol. The summed E-state index contributed by atoms with van der Waals surface area (Å²) < 4.78 is 5.44. The van der Waals surface area contributed by atoms with Crippen LogP contribution in [0.3, 0.4) is 0 Å². The Balaban J connectivity index is 1.75. The van der Waals surface area contributed by atoms with E-state index in [4.69, 9.17) is 4.74 Å². The maximum absolute atomic E-state index is 12.2. The second-order valence-corrected chi connectivity index (χ2v) is 6.59. The van der Waals surface area contributed by atoms with E-state index in [0.29, 0.717) is 19.7 Å². The highest BCUT2D eigenvalue weighted by molar-refractivity contribution is 5.78. The molecule has 0 saturated carbocycles. The van der Waals surface area contributed by atoms with Crippen molar-refractivity contribution in [3.8, 4) is 5.75 Å². The third kappa shape index (κ3) is 6.41. The Hall–Kier alpha value is -2.53. The summed E-state index contributed by atoms with van der Waals surface area (Å²) in [7, 11) is 5.97. The molecule has 5 heteroatoms. The minimum Gasteiger partial charge on any atom is -0.494 e. The molecule has 0 aliphatic rings. The largest absolute Gasteiger partial charge is 0.494 e. The molecule has 0 aliphatic heterocycles. The number of amides is 1. The van der Waals surface area contributed by atoms with Crippen LogP contribution in [0.15, 0.2) is 48.5 Å². The maximum atomic E-state index is 12.2. The van der Waals surface area contributed by atoms with E-state index in [1.54, 1.807) is 0 Å². The first-order valence-corrected chi connectivity index (χ1v) is 8.91. The van der Waals surface area contributed by atoms with Gasteiger partial charge in [0, 0.05) is 32.9 Å². The van der Waals surface area contributed by atoms with Gasteiger partial charge in [-0.2, -0.15) is 0 Å². The van der Waals surface area contributed by atoms with Crippen molar-refractivity contribution in [3.05, 3.63) is 59.7 Å². The zero-order valence-corrected chi connectivity index (χ0v) is 16.2. The fourth-order valence-corrected chi connectivity index (χ4v) is 2.64. The first-order chi connectivity index (χ1) is 12.5. The van der Waals surface area contributed by atoms with Crippen molar-refractivity contribution in [3.63, 3.8) is 0 Å². The third-order valence-corrected chi connectivity index (χ3v) is 4.04. The zero-order valence-electron chi connectivity index (χ0n) is 16.2. The number of carbonyl (C=O) groups excluding carboxylic acids is 1. The van der Waals surface area contributed by atoms with E-state index in [2.05, 4.69) is 22.3 Å². The van der Waals surface area contributed by atoms with Gasteiger partial charge in [0.2, 0.25) is 5.91 Å². The number of ether oxygens (including phenoxy) is 1. The molecule has 1 amide bonds. The minimum absolute atomic E-state index is 0.0233. The molecule has 0 aliphatic carbocycles. The lowest BCUT2D eigenvalue weighted by atomic mass is 10.2. The van der Waals surface area contributed by atoms with Crippen molar-refractivity contribution in [2.24, 2.45) is 0 Å². The van der Waals surface area contributed by atoms with Crippen molar-refractivity contribution >= 4 is 11.6 Å². The van der Waals surface area contributed by atoms with E-state index in [1.807, 2.05) is 69.4 Å². The standard InChI is InChI=1S/C21H29N3O2/c1-5-26-20-12-8-18(9-13-20)15-24(4)16-21(25)22-14-17-6-10-19(11-7-17)23(2)3/h6-13H,5,14-16H2,1-4H3,(H,22,25). The van der Waals surface area contributed by atoms with Crippen LogP contribution in [-0.2, 0) is 17.9 Å². The second kappa shape index (κ2) is 9.82. The van der Waals surface area contributed by atoms with Gasteiger partial charge in [0.1, 0.15) is 5.75 Å². The lowest BCUT2D eigenvalue weighted by Gasteiger charge is -2.17. The van der Waals surface area contributed by atoms with Gasteiger partial charge >= 0.3 is 0 Å². The van der Waals surface area contributed by atoms with Crippen LogP contribution in [0.4, 0.5) is 5.69 Å². The van der Waals surface area contributed by atoms with E-state index in [0.717, 1.165) is 29.1 Å². The number of hydrogen-bond acceptors (Lipinski definition) is 4. The molecule has 0 atom stereocenters. The molecule has 2 aromatic carbocycles. The van der Waals surface area contributed by atoms with Gasteiger partial charge in [0.05, 0.1) is 13.2 Å². The van der Waals surface area contributed by atoms with Gasteiger partial charge in [-0.15, -0.1) is 0 Å². The first-order valence-electron chi connectivity index (χ1n) is 8.91. The number of hydrogen-bond donors (Lipinski definition) is 1. The second-order valence-electron chi connectivity index (χ2n) is 6.59. The number of rotatable bonds is 9. The Bertz CT molecular complexity index is 681. The van der Waals surface area contributed by atoms with Crippen molar-refractivity contribution in [2.45, 2.75) is 20.0 Å². The zero-order chi connectivity index (χ0) is 18.9. The number of nitrogens with one attached hydrogen (secondary N) is 1. The summed E-state index contributed by atoms with van der Waals surface area (Å²) in [5.41, 5.74) is 3.40. The van der Waals surface area contributed by atoms with E-state index >= 15 is 0 Å². The molecule has 0 radical (unpaired) electrons. The van der Waals surface area contributed by atoms with Crippen molar-refractivity contribution < 1.29 is 9.53 Å². The Morgan fingerprint density at radius 1 is 0.962 bits per heavy atom. The van der Waals surface area contributed by atoms with Crippen LogP contribution >= 0.6 is 0 Å². The fourth-order valence-electron chi connectivity index (χ4n) is 2.64. The van der Waals surface area contributed by atoms with Gasteiger partial charge in [0.25, 0.3) is 0 Å². The van der Waals surface area contributed by atoms with E-state index in [1.165, 1.54) is 0 Å². The normalized spacial score (nSPS) is 10.7. The molecule has 2 aromatic rings. The molecule has 140 valence electrons. The SMILES string of the molecule is CCOc1ccc(CN(C)CC(=O)NCc2ccc(N(C)C)cc2)cc1. The molecule has 2 rings (SSSR count). The summed E-state index contributed by atoms with van der Waals surface area (Å²) in [6.07, 6.45) is 0. The van der Waals surface area contributed by atoms with Crippen LogP contribution in [0, 0.1) is 0 Å². The molecule has 0 aromatic heterocycles. The minimum atomic E-state index is 0.0233.